The minimum Gasteiger partial charge on any atom is -0.426 e. The maximum absolute atomic E-state index is 12.8. The summed E-state index contributed by atoms with van der Waals surface area (Å²) in [5.74, 6) is 0. The third kappa shape index (κ3) is 5.85. The molecule has 3 saturated heterocycles. The first kappa shape index (κ1) is 26.8. The molecule has 1 aromatic rings. The lowest BCUT2D eigenvalue weighted by Crippen LogP contribution is -2.54. The van der Waals surface area contributed by atoms with Crippen molar-refractivity contribution in [2.45, 2.75) is 63.1 Å². The van der Waals surface area contributed by atoms with E-state index in [9.17, 15) is 31.1 Å². The van der Waals surface area contributed by atoms with Gasteiger partial charge < -0.3 is 19.3 Å². The lowest BCUT2D eigenvalue weighted by Gasteiger charge is -2.45. The first-order valence-corrected chi connectivity index (χ1v) is 12.2. The Bertz CT molecular complexity index is 911. The van der Waals surface area contributed by atoms with Crippen molar-refractivity contribution in [3.05, 3.63) is 29.3 Å². The van der Waals surface area contributed by atoms with Crippen molar-refractivity contribution in [3.8, 4) is 0 Å². The maximum Gasteiger partial charge on any atom is 0.434 e. The Labute approximate surface area is 206 Å². The quantitative estimate of drug-likeness (QED) is 0.526. The molecule has 0 bridgehead atoms. The number of likely N-dealkylation sites (tertiary alicyclic amines) is 2. The van der Waals surface area contributed by atoms with Gasteiger partial charge in [0, 0.05) is 44.0 Å². The van der Waals surface area contributed by atoms with Crippen molar-refractivity contribution < 1.29 is 40.6 Å². The number of rotatable bonds is 4. The second-order valence-electron chi connectivity index (χ2n) is 9.82. The summed E-state index contributed by atoms with van der Waals surface area (Å²) in [4.78, 5) is 17.8. The van der Waals surface area contributed by atoms with Gasteiger partial charge in [0.25, 0.3) is 6.10 Å². The first-order valence-electron chi connectivity index (χ1n) is 12.2. The molecule has 12 heteroatoms. The van der Waals surface area contributed by atoms with Crippen molar-refractivity contribution in [3.63, 3.8) is 0 Å². The molecule has 0 aliphatic carbocycles. The number of anilines is 1. The van der Waals surface area contributed by atoms with Gasteiger partial charge in [-0.25, -0.2) is 4.79 Å². The molecule has 0 unspecified atom stereocenters. The number of alkyl halides is 6. The van der Waals surface area contributed by atoms with Crippen LogP contribution in [0.4, 0.5) is 36.8 Å². The van der Waals surface area contributed by atoms with Crippen molar-refractivity contribution in [1.82, 2.24) is 9.80 Å². The van der Waals surface area contributed by atoms with E-state index in [1.165, 1.54) is 5.56 Å². The molecule has 0 aromatic heterocycles. The summed E-state index contributed by atoms with van der Waals surface area (Å²) < 4.78 is 86.2. The van der Waals surface area contributed by atoms with Crippen LogP contribution in [0.2, 0.25) is 0 Å². The van der Waals surface area contributed by atoms with Gasteiger partial charge in [-0.15, -0.1) is 0 Å². The Balaban J connectivity index is 1.42. The Hall–Kier alpha value is -2.21. The topological polar surface area (TPSA) is 45.2 Å². The molecule has 0 atom stereocenters. The Kier molecular flexibility index (Phi) is 7.66. The summed E-state index contributed by atoms with van der Waals surface area (Å²) in [6.07, 6.45) is -14.4. The van der Waals surface area contributed by atoms with E-state index in [4.69, 9.17) is 4.74 Å². The number of halogens is 6. The van der Waals surface area contributed by atoms with Crippen molar-refractivity contribution >= 4 is 11.8 Å². The lowest BCUT2D eigenvalue weighted by molar-refractivity contribution is -0.308. The second kappa shape index (κ2) is 10.3. The van der Waals surface area contributed by atoms with E-state index < -0.39 is 24.5 Å². The van der Waals surface area contributed by atoms with Crippen LogP contribution in [0.3, 0.4) is 0 Å². The summed E-state index contributed by atoms with van der Waals surface area (Å²) in [5.41, 5.74) is 3.23. The highest BCUT2D eigenvalue weighted by Crippen LogP contribution is 2.41. The van der Waals surface area contributed by atoms with E-state index in [-0.39, 0.29) is 18.6 Å². The molecule has 1 spiro atoms. The summed E-state index contributed by atoms with van der Waals surface area (Å²) in [6, 6.07) is 6.35. The van der Waals surface area contributed by atoms with Crippen LogP contribution in [0.25, 0.3) is 0 Å². The Morgan fingerprint density at radius 3 is 2.25 bits per heavy atom. The zero-order valence-electron chi connectivity index (χ0n) is 20.1. The van der Waals surface area contributed by atoms with Crippen LogP contribution in [-0.4, -0.2) is 85.8 Å². The summed E-state index contributed by atoms with van der Waals surface area (Å²) in [6.45, 7) is 6.58. The molecule has 3 aliphatic rings. The Morgan fingerprint density at radius 2 is 1.64 bits per heavy atom. The van der Waals surface area contributed by atoms with Gasteiger partial charge in [0.1, 0.15) is 0 Å². The molecule has 1 aromatic carbocycles. The van der Waals surface area contributed by atoms with Gasteiger partial charge in [0.2, 0.25) is 0 Å². The number of benzene rings is 1. The first-order chi connectivity index (χ1) is 16.9. The monoisotopic (exact) mass is 523 g/mol. The molecule has 4 rings (SSSR count). The number of hydrogen-bond acceptors (Lipinski definition) is 5. The lowest BCUT2D eigenvalue weighted by atomic mass is 9.84. The van der Waals surface area contributed by atoms with Gasteiger partial charge in [0.05, 0.1) is 13.2 Å². The molecular weight excluding hydrogens is 492 g/mol. The highest BCUT2D eigenvalue weighted by atomic mass is 19.4. The molecule has 3 aliphatic heterocycles. The van der Waals surface area contributed by atoms with E-state index in [0.29, 0.717) is 32.6 Å². The van der Waals surface area contributed by atoms with Crippen molar-refractivity contribution in [2.75, 3.05) is 50.8 Å². The van der Waals surface area contributed by atoms with E-state index in [2.05, 4.69) is 32.7 Å². The normalized spacial score (nSPS) is 21.4. The minimum atomic E-state index is -5.72. The standard InChI is InChI=1S/C24H31F6N3O3/c1-17-3-4-18(19(15-17)31-11-13-35-14-12-31)16-33-8-2-5-22(33)6-9-32(10-7-22)21(34)36-20(23(25,26)27)24(28,29)30/h3-4,15,20H,2,5-14,16H2,1H3. The number of hydrogen-bond donors (Lipinski definition) is 0. The fourth-order valence-corrected chi connectivity index (χ4v) is 5.52. The average Bonchev–Trinajstić information content (AvgIpc) is 3.19. The van der Waals surface area contributed by atoms with Crippen LogP contribution in [-0.2, 0) is 16.0 Å². The summed E-state index contributed by atoms with van der Waals surface area (Å²) >= 11 is 0. The molecule has 0 N–H and O–H groups in total. The molecule has 1 amide bonds. The van der Waals surface area contributed by atoms with Gasteiger partial charge in [-0.2, -0.15) is 26.3 Å². The van der Waals surface area contributed by atoms with Crippen LogP contribution in [0.1, 0.15) is 36.8 Å². The zero-order chi connectivity index (χ0) is 26.1. The summed E-state index contributed by atoms with van der Waals surface area (Å²) in [7, 11) is 0. The third-order valence-corrected chi connectivity index (χ3v) is 7.46. The van der Waals surface area contributed by atoms with E-state index >= 15 is 0 Å². The molecule has 36 heavy (non-hydrogen) atoms. The van der Waals surface area contributed by atoms with E-state index in [1.807, 2.05) is 6.92 Å². The van der Waals surface area contributed by atoms with Gasteiger partial charge in [-0.3, -0.25) is 4.90 Å². The molecule has 3 fully saturated rings. The maximum atomic E-state index is 12.8. The Morgan fingerprint density at radius 1 is 1.00 bits per heavy atom. The minimum absolute atomic E-state index is 0.0436. The predicted octanol–water partition coefficient (Wildman–Crippen LogP) is 4.89. The molecule has 3 heterocycles. The number of carbonyl (C=O) groups is 1. The van der Waals surface area contributed by atoms with Crippen molar-refractivity contribution in [2.24, 2.45) is 0 Å². The molecule has 6 nitrogen and oxygen atoms in total. The van der Waals surface area contributed by atoms with Crippen LogP contribution < -0.4 is 4.90 Å². The average molecular weight is 524 g/mol. The van der Waals surface area contributed by atoms with E-state index in [1.54, 1.807) is 0 Å². The highest BCUT2D eigenvalue weighted by molar-refractivity contribution is 5.68. The number of ether oxygens (including phenoxy) is 2. The van der Waals surface area contributed by atoms with Crippen LogP contribution in [0, 0.1) is 6.92 Å². The predicted molar refractivity (Wildman–Crippen MR) is 120 cm³/mol. The van der Waals surface area contributed by atoms with E-state index in [0.717, 1.165) is 48.6 Å². The zero-order valence-corrected chi connectivity index (χ0v) is 20.1. The number of piperidine rings is 1. The van der Waals surface area contributed by atoms with Gasteiger partial charge in [-0.05, 0) is 56.3 Å². The molecular formula is C24H31F6N3O3. The SMILES string of the molecule is Cc1ccc(CN2CCCC23CCN(C(=O)OC(C(F)(F)F)C(F)(F)F)CC3)c(N2CCOCC2)c1. The van der Waals surface area contributed by atoms with Crippen LogP contribution >= 0.6 is 0 Å². The van der Waals surface area contributed by atoms with Crippen LogP contribution in [0.5, 0.6) is 0 Å². The number of nitrogens with zero attached hydrogens (tertiary/aromatic N) is 3. The number of amides is 1. The molecule has 0 radical (unpaired) electrons. The third-order valence-electron chi connectivity index (χ3n) is 7.46. The largest absolute Gasteiger partial charge is 0.434 e. The van der Waals surface area contributed by atoms with Gasteiger partial charge >= 0.3 is 18.4 Å². The smallest absolute Gasteiger partial charge is 0.426 e. The van der Waals surface area contributed by atoms with Crippen LogP contribution in [0.15, 0.2) is 18.2 Å². The number of aryl methyl sites for hydroxylation is 1. The fraction of sp³-hybridized carbons (Fsp3) is 0.708. The van der Waals surface area contributed by atoms with Gasteiger partial charge in [0.15, 0.2) is 0 Å². The second-order valence-corrected chi connectivity index (χ2v) is 9.82. The fourth-order valence-electron chi connectivity index (χ4n) is 5.52. The highest BCUT2D eigenvalue weighted by Gasteiger charge is 2.60. The number of carbonyl (C=O) groups excluding carboxylic acids is 1. The molecule has 0 saturated carbocycles. The van der Waals surface area contributed by atoms with Crippen molar-refractivity contribution in [1.29, 1.82) is 0 Å². The molecule has 202 valence electrons. The van der Waals surface area contributed by atoms with Gasteiger partial charge in [-0.1, -0.05) is 12.1 Å². The number of morpholine rings is 1. The summed E-state index contributed by atoms with van der Waals surface area (Å²) in [5, 5.41) is 0.